The van der Waals surface area contributed by atoms with Crippen LogP contribution >= 0.6 is 55.9 Å². The number of carboxylic acids is 1. The highest BCUT2D eigenvalue weighted by atomic mass is 79.9. The summed E-state index contributed by atoms with van der Waals surface area (Å²) in [6, 6.07) is 35.1. The molecule has 0 saturated carbocycles. The first-order valence-corrected chi connectivity index (χ1v) is 34.4. The number of halogens is 5. The number of carboxylic acid groups (broad SMARTS) is 1. The van der Waals surface area contributed by atoms with Crippen LogP contribution < -0.4 is 21.7 Å². The summed E-state index contributed by atoms with van der Waals surface area (Å²) in [5.41, 5.74) is 12.6. The van der Waals surface area contributed by atoms with E-state index in [1.807, 2.05) is 72.8 Å². The van der Waals surface area contributed by atoms with Crippen LogP contribution in [0.2, 0.25) is 5.02 Å². The van der Waals surface area contributed by atoms with E-state index in [1.165, 1.54) is 25.5 Å². The predicted octanol–water partition coefficient (Wildman–Crippen LogP) is 13.4. The lowest BCUT2D eigenvalue weighted by Gasteiger charge is -2.38. The number of alkyl halides is 2. The Balaban J connectivity index is 0.000000411. The lowest BCUT2D eigenvalue weighted by Crippen LogP contribution is -2.48. The number of carbonyl (C=O) groups excluding carboxylic acids is 8. The van der Waals surface area contributed by atoms with Gasteiger partial charge in [-0.25, -0.2) is 18.8 Å². The van der Waals surface area contributed by atoms with Crippen LogP contribution in [0.4, 0.5) is 14.0 Å². The molecule has 0 aromatic heterocycles. The van der Waals surface area contributed by atoms with E-state index in [1.54, 1.807) is 62.1 Å². The molecule has 8 rings (SSSR count). The third-order valence-corrected chi connectivity index (χ3v) is 16.7. The molecule has 532 valence electrons. The van der Waals surface area contributed by atoms with E-state index in [0.717, 1.165) is 73.0 Å². The number of nitrogens with two attached hydrogens (primary N) is 1. The maximum atomic E-state index is 14.8. The molecular weight excluding hydrogens is 1430 g/mol. The first kappa shape index (κ1) is 84.6. The number of ketones is 4. The van der Waals surface area contributed by atoms with Gasteiger partial charge in [0.05, 0.1) is 27.7 Å². The molecule has 6 N–H and O–H groups in total. The summed E-state index contributed by atoms with van der Waals surface area (Å²) >= 11 is 11.8. The zero-order chi connectivity index (χ0) is 70.2. The van der Waals surface area contributed by atoms with Gasteiger partial charge in [0.1, 0.15) is 47.5 Å². The van der Waals surface area contributed by atoms with Crippen molar-refractivity contribution >= 4 is 120 Å². The zero-order valence-corrected chi connectivity index (χ0v) is 60.0. The topological polar surface area (TPSA) is 288 Å². The van der Waals surface area contributed by atoms with Gasteiger partial charge in [-0.3, -0.25) is 28.8 Å². The molecule has 25 heteroatoms. The van der Waals surface area contributed by atoms with E-state index in [9.17, 15) is 47.5 Å². The molecule has 98 heavy (non-hydrogen) atoms. The molecule has 0 spiro atoms. The number of esters is 1. The summed E-state index contributed by atoms with van der Waals surface area (Å²) < 4.78 is 30.4. The number of hydrogen-bond donors (Lipinski definition) is 5. The molecule has 3 amide bonds. The number of oxime groups is 1. The zero-order valence-electron chi connectivity index (χ0n) is 55.2. The van der Waals surface area contributed by atoms with E-state index >= 15 is 0 Å². The van der Waals surface area contributed by atoms with Gasteiger partial charge in [0.25, 0.3) is 5.91 Å². The Bertz CT molecular complexity index is 3490. The molecule has 3 heterocycles. The lowest BCUT2D eigenvalue weighted by atomic mass is 9.82. The molecule has 0 fully saturated rings. The number of benzene rings is 5. The minimum atomic E-state index is -1.01. The highest BCUT2D eigenvalue weighted by molar-refractivity contribution is 9.09. The fraction of sp³-hybridized carbons (Fsp3) is 0.425. The van der Waals surface area contributed by atoms with Crippen LogP contribution in [-0.2, 0) is 73.9 Å². The van der Waals surface area contributed by atoms with Gasteiger partial charge < -0.3 is 50.7 Å². The molecule has 0 aliphatic carbocycles. The van der Waals surface area contributed by atoms with E-state index in [0.29, 0.717) is 50.0 Å². The standard InChI is InChI=1S/C37H37ClFN3O5.C18H24BrNO4.C15H22N2O3.C2H3BrO2.CH4.ClH/c1-37(2,3)46-36(45)24-12-10-22(11-13-24)20-31(43)34-27-7-4-6-25(23-14-17-40-18-15-23)26(27)16-19-42(34)35(44)32-21-30(41-47-32)28-8-5-9-29(38)33(28)39;1-14(21)16(11-17(22)12-19)9-5-6-10-20-18(23)24-13-15-7-3-2-4-8-15;1-12(18)14(16)9-5-6-10-17-15(19)20-11-13-7-3-2-4-8-13;3-1-2(4)5;;/h4-14,32,34,40H,15-21H2,1-3H3;2-4,7-8,16H,5-6,9-13H2,1H3,(H,20,23);2-4,7-8,14H,5-6,9-11,16H2,1H3,(H,17,19);1H2,(H,4,5);1H4;1H/t32-,34+;16-;14-;;;/m110.../s1. The van der Waals surface area contributed by atoms with Gasteiger partial charge in [-0.05, 0) is 149 Å². The maximum Gasteiger partial charge on any atom is 0.407 e. The van der Waals surface area contributed by atoms with Crippen LogP contribution in [-0.4, -0.2) is 130 Å². The molecule has 5 aromatic carbocycles. The van der Waals surface area contributed by atoms with E-state index in [-0.39, 0.29) is 120 Å². The third-order valence-electron chi connectivity index (χ3n) is 15.3. The minimum Gasteiger partial charge on any atom is -0.481 e. The molecule has 3 aliphatic heterocycles. The summed E-state index contributed by atoms with van der Waals surface area (Å²) in [6.07, 6.45) is 6.53. The fourth-order valence-electron chi connectivity index (χ4n) is 10.3. The number of Topliss-reactive ketones (excluding diaryl/α,β-unsaturated/α-hetero) is 4. The molecule has 3 aliphatic rings. The first-order valence-electron chi connectivity index (χ1n) is 31.7. The van der Waals surface area contributed by atoms with Crippen molar-refractivity contribution < 1.29 is 71.7 Å². The van der Waals surface area contributed by atoms with Crippen LogP contribution in [0.1, 0.15) is 155 Å². The number of rotatable bonds is 27. The van der Waals surface area contributed by atoms with Crippen molar-refractivity contribution in [3.8, 4) is 0 Å². The highest BCUT2D eigenvalue weighted by Gasteiger charge is 2.42. The number of fused-ring (bicyclic) bond motifs is 1. The van der Waals surface area contributed by atoms with Crippen LogP contribution in [0.3, 0.4) is 0 Å². The van der Waals surface area contributed by atoms with Crippen LogP contribution in [0.5, 0.6) is 0 Å². The quantitative estimate of drug-likeness (QED) is 0.0141. The highest BCUT2D eigenvalue weighted by Crippen LogP contribution is 2.38. The number of nitrogens with one attached hydrogen (secondary N) is 3. The van der Waals surface area contributed by atoms with E-state index < -0.39 is 47.7 Å². The summed E-state index contributed by atoms with van der Waals surface area (Å²) in [5, 5.41) is 20.7. The van der Waals surface area contributed by atoms with Gasteiger partial charge in [-0.15, -0.1) is 12.4 Å². The second-order valence-corrected chi connectivity index (χ2v) is 25.4. The number of amides is 3. The number of aliphatic carboxylic acids is 1. The normalized spacial score (nSPS) is 14.9. The van der Waals surface area contributed by atoms with Crippen molar-refractivity contribution in [3.05, 3.63) is 183 Å². The monoisotopic (exact) mass is 1520 g/mol. The van der Waals surface area contributed by atoms with Gasteiger partial charge in [-0.2, -0.15) is 0 Å². The average Bonchev–Trinajstić information content (AvgIpc) is 0.943. The lowest BCUT2D eigenvalue weighted by molar-refractivity contribution is -0.149. The van der Waals surface area contributed by atoms with Crippen LogP contribution in [0.15, 0.2) is 133 Å². The Hall–Kier alpha value is -7.67. The van der Waals surface area contributed by atoms with Gasteiger partial charge in [0.2, 0.25) is 6.10 Å². The number of nitrogens with zero attached hydrogens (tertiary/aromatic N) is 2. The molecule has 0 unspecified atom stereocenters. The Morgan fingerprint density at radius 2 is 1.33 bits per heavy atom. The molecular formula is C73H91Br2Cl2FN6O14. The number of hydrogen-bond acceptors (Lipinski definition) is 16. The molecule has 0 radical (unpaired) electrons. The Labute approximate surface area is 601 Å². The Morgan fingerprint density at radius 3 is 1.86 bits per heavy atom. The van der Waals surface area contributed by atoms with Crippen molar-refractivity contribution in [1.29, 1.82) is 0 Å². The number of carbonyl (C=O) groups is 9. The van der Waals surface area contributed by atoms with Gasteiger partial charge in [0.15, 0.2) is 11.6 Å². The summed E-state index contributed by atoms with van der Waals surface area (Å²) in [4.78, 5) is 114. The Morgan fingerprint density at radius 1 is 0.755 bits per heavy atom. The predicted molar refractivity (Wildman–Crippen MR) is 386 cm³/mol. The van der Waals surface area contributed by atoms with Gasteiger partial charge >= 0.3 is 24.1 Å². The summed E-state index contributed by atoms with van der Waals surface area (Å²) in [6.45, 7) is 11.9. The van der Waals surface area contributed by atoms with Crippen LogP contribution in [0, 0.1) is 11.7 Å². The van der Waals surface area contributed by atoms with Crippen molar-refractivity contribution in [1.82, 2.24) is 20.9 Å². The van der Waals surface area contributed by atoms with Crippen molar-refractivity contribution in [2.24, 2.45) is 16.8 Å². The molecule has 0 saturated heterocycles. The SMILES string of the molecule is C.CC(=O)[C@@H](N)CCCCNC(=O)OCc1ccccc1.CC(=O)[C@H](CCCCNC(=O)OCc1ccccc1)CC(=O)CBr.CC(C)(C)OC(=O)c1ccc(CC(=O)[C@@H]2c3cccc(C4=CCNCC4)c3CCN2C(=O)[C@H]2CC(c3cccc(Cl)c3F)=NO2)cc1.Cl.O=C(O)CBr. The molecule has 4 atom stereocenters. The largest absolute Gasteiger partial charge is 0.481 e. The Kier molecular flexibility index (Phi) is 38.3. The average molecular weight is 1530 g/mol. The van der Waals surface area contributed by atoms with E-state index in [2.05, 4.69) is 65.1 Å². The molecule has 0 bridgehead atoms. The summed E-state index contributed by atoms with van der Waals surface area (Å²) in [5.74, 6) is -2.59. The molecule has 20 nitrogen and oxygen atoms in total. The fourth-order valence-corrected chi connectivity index (χ4v) is 10.7. The van der Waals surface area contributed by atoms with Crippen LogP contribution in [0.25, 0.3) is 5.57 Å². The van der Waals surface area contributed by atoms with Crippen molar-refractivity contribution in [2.45, 2.75) is 150 Å². The minimum absolute atomic E-state index is 0. The first-order chi connectivity index (χ1) is 45.9. The second kappa shape index (κ2) is 44.4. The summed E-state index contributed by atoms with van der Waals surface area (Å²) in [7, 11) is 0. The van der Waals surface area contributed by atoms with E-state index in [4.69, 9.17) is 41.5 Å². The second-order valence-electron chi connectivity index (χ2n) is 23.9. The van der Waals surface area contributed by atoms with Gasteiger partial charge in [0, 0.05) is 56.9 Å². The number of alkyl carbamates (subject to hydrolysis) is 2. The molecule has 5 aromatic rings. The van der Waals surface area contributed by atoms with Gasteiger partial charge in [-0.1, -0.05) is 166 Å². The van der Waals surface area contributed by atoms with Crippen molar-refractivity contribution in [2.75, 3.05) is 43.4 Å². The number of ether oxygens (including phenoxy) is 3. The smallest absolute Gasteiger partial charge is 0.407 e. The third kappa shape index (κ3) is 29.4. The van der Waals surface area contributed by atoms with Crippen molar-refractivity contribution in [3.63, 3.8) is 0 Å². The number of unbranched alkanes of at least 4 members (excludes halogenated alkanes) is 2. The maximum absolute atomic E-state index is 14.8.